The van der Waals surface area contributed by atoms with Crippen LogP contribution in [-0.2, 0) is 4.74 Å². The van der Waals surface area contributed by atoms with Crippen LogP contribution in [0.4, 0.5) is 27.7 Å². The molecule has 21 heavy (non-hydrogen) atoms. The maximum atomic E-state index is 11.1. The third-order valence-corrected chi connectivity index (χ3v) is 2.85. The predicted molar refractivity (Wildman–Crippen MR) is 84.3 cm³/mol. The molecule has 0 radical (unpaired) electrons. The zero-order chi connectivity index (χ0) is 15.2. The molecule has 2 rings (SSSR count). The summed E-state index contributed by atoms with van der Waals surface area (Å²) in [6.07, 6.45) is 1.05. The van der Waals surface area contributed by atoms with Gasteiger partial charge in [-0.25, -0.2) is 9.78 Å². The summed E-state index contributed by atoms with van der Waals surface area (Å²) in [6.45, 7) is 0. The van der Waals surface area contributed by atoms with Gasteiger partial charge in [-0.1, -0.05) is 0 Å². The van der Waals surface area contributed by atoms with Gasteiger partial charge in [-0.15, -0.1) is 0 Å². The first kappa shape index (κ1) is 14.6. The van der Waals surface area contributed by atoms with Gasteiger partial charge in [0, 0.05) is 25.5 Å². The fraction of sp³-hybridized carbons (Fsp3) is 0.200. The van der Waals surface area contributed by atoms with Gasteiger partial charge < -0.3 is 15.0 Å². The van der Waals surface area contributed by atoms with Gasteiger partial charge in [0.15, 0.2) is 0 Å². The van der Waals surface area contributed by atoms with Gasteiger partial charge in [0.2, 0.25) is 0 Å². The summed E-state index contributed by atoms with van der Waals surface area (Å²) in [7, 11) is 5.31. The van der Waals surface area contributed by atoms with Gasteiger partial charge >= 0.3 is 6.09 Å². The second kappa shape index (κ2) is 6.60. The highest BCUT2D eigenvalue weighted by molar-refractivity contribution is 5.84. The van der Waals surface area contributed by atoms with Crippen molar-refractivity contribution in [1.82, 2.24) is 4.98 Å². The Balaban J connectivity index is 2.01. The highest BCUT2D eigenvalue weighted by Gasteiger charge is 2.02. The minimum absolute atomic E-state index is 0.517. The van der Waals surface area contributed by atoms with Crippen LogP contribution in [0.3, 0.4) is 0 Å². The largest absolute Gasteiger partial charge is 0.453 e. The summed E-state index contributed by atoms with van der Waals surface area (Å²) in [6, 6.07) is 11.5. The molecule has 110 valence electrons. The van der Waals surface area contributed by atoms with E-state index in [4.69, 9.17) is 0 Å². The lowest BCUT2D eigenvalue weighted by molar-refractivity contribution is 0.187. The van der Waals surface area contributed by atoms with Crippen LogP contribution in [0.25, 0.3) is 0 Å². The first-order chi connectivity index (χ1) is 10.1. The van der Waals surface area contributed by atoms with Crippen molar-refractivity contribution >= 4 is 29.0 Å². The molecule has 2 aromatic rings. The van der Waals surface area contributed by atoms with Crippen molar-refractivity contribution < 1.29 is 9.53 Å². The zero-order valence-electron chi connectivity index (χ0n) is 12.3. The van der Waals surface area contributed by atoms with Crippen LogP contribution in [-0.4, -0.2) is 32.3 Å². The molecule has 0 spiro atoms. The average Bonchev–Trinajstić information content (AvgIpc) is 2.49. The molecule has 0 bridgehead atoms. The third kappa shape index (κ3) is 4.10. The molecule has 2 N–H and O–H groups in total. The van der Waals surface area contributed by atoms with Crippen LogP contribution in [0.1, 0.15) is 0 Å². The second-order valence-electron chi connectivity index (χ2n) is 4.61. The number of aromatic nitrogens is 1. The molecule has 0 unspecified atom stereocenters. The number of anilines is 4. The molecule has 0 aliphatic rings. The normalized spacial score (nSPS) is 9.86. The Morgan fingerprint density at radius 2 is 1.76 bits per heavy atom. The minimum Gasteiger partial charge on any atom is -0.453 e. The summed E-state index contributed by atoms with van der Waals surface area (Å²) in [5.74, 6) is 0.697. The third-order valence-electron chi connectivity index (χ3n) is 2.85. The molecule has 6 nitrogen and oxygen atoms in total. The van der Waals surface area contributed by atoms with E-state index in [-0.39, 0.29) is 0 Å². The molecule has 0 saturated heterocycles. The number of rotatable bonds is 4. The van der Waals surface area contributed by atoms with E-state index in [1.807, 2.05) is 43.3 Å². The van der Waals surface area contributed by atoms with E-state index in [2.05, 4.69) is 20.4 Å². The summed E-state index contributed by atoms with van der Waals surface area (Å²) in [4.78, 5) is 17.3. The number of nitrogens with one attached hydrogen (secondary N) is 2. The topological polar surface area (TPSA) is 66.5 Å². The van der Waals surface area contributed by atoms with Crippen molar-refractivity contribution in [3.8, 4) is 0 Å². The van der Waals surface area contributed by atoms with Gasteiger partial charge in [-0.2, -0.15) is 0 Å². The summed E-state index contributed by atoms with van der Waals surface area (Å²) in [5.41, 5.74) is 2.66. The first-order valence-corrected chi connectivity index (χ1v) is 6.44. The number of hydrogen-bond acceptors (Lipinski definition) is 5. The average molecular weight is 286 g/mol. The zero-order valence-corrected chi connectivity index (χ0v) is 12.3. The van der Waals surface area contributed by atoms with Crippen molar-refractivity contribution in [3.05, 3.63) is 42.6 Å². The maximum absolute atomic E-state index is 11.1. The molecule has 1 heterocycles. The lowest BCUT2D eigenvalue weighted by atomic mass is 10.2. The van der Waals surface area contributed by atoms with Gasteiger partial charge in [0.25, 0.3) is 0 Å². The fourth-order valence-electron chi connectivity index (χ4n) is 1.70. The van der Waals surface area contributed by atoms with Crippen LogP contribution in [0.2, 0.25) is 0 Å². The van der Waals surface area contributed by atoms with E-state index in [1.165, 1.54) is 7.11 Å². The van der Waals surface area contributed by atoms with Crippen molar-refractivity contribution in [2.45, 2.75) is 0 Å². The molecular weight excluding hydrogens is 268 g/mol. The molecule has 0 aliphatic heterocycles. The summed E-state index contributed by atoms with van der Waals surface area (Å²) < 4.78 is 4.51. The molecule has 0 saturated carbocycles. The van der Waals surface area contributed by atoms with E-state index >= 15 is 0 Å². The molecule has 0 atom stereocenters. The first-order valence-electron chi connectivity index (χ1n) is 6.44. The van der Waals surface area contributed by atoms with Crippen LogP contribution < -0.4 is 15.5 Å². The van der Waals surface area contributed by atoms with Crippen LogP contribution in [0.15, 0.2) is 42.6 Å². The highest BCUT2D eigenvalue weighted by Crippen LogP contribution is 2.19. The number of carbonyl (C=O) groups is 1. The van der Waals surface area contributed by atoms with Crippen LogP contribution >= 0.6 is 0 Å². The number of amides is 1. The number of carbonyl (C=O) groups excluding carboxylic acids is 1. The Labute approximate surface area is 123 Å². The number of pyridine rings is 1. The van der Waals surface area contributed by atoms with E-state index < -0.39 is 6.09 Å². The van der Waals surface area contributed by atoms with E-state index in [0.29, 0.717) is 11.5 Å². The fourth-order valence-corrected chi connectivity index (χ4v) is 1.70. The lowest BCUT2D eigenvalue weighted by Crippen LogP contribution is -2.11. The Bertz CT molecular complexity index is 594. The van der Waals surface area contributed by atoms with Gasteiger partial charge in [0.05, 0.1) is 19.0 Å². The second-order valence-corrected chi connectivity index (χ2v) is 4.61. The van der Waals surface area contributed by atoms with E-state index in [0.717, 1.165) is 11.4 Å². The highest BCUT2D eigenvalue weighted by atomic mass is 16.5. The number of ether oxygens (including phenoxy) is 1. The molecule has 1 aromatic heterocycles. The summed E-state index contributed by atoms with van der Waals surface area (Å²) >= 11 is 0. The standard InChI is InChI=1S/C15H18N4O2/c1-19(2)13-7-4-11(5-8-13)17-14-9-6-12(10-16-14)18-15(20)21-3/h4-10H,1-3H3,(H,16,17)(H,18,20). The van der Waals surface area contributed by atoms with Crippen LogP contribution in [0, 0.1) is 0 Å². The SMILES string of the molecule is COC(=O)Nc1ccc(Nc2ccc(N(C)C)cc2)nc1. The Kier molecular flexibility index (Phi) is 4.61. The predicted octanol–water partition coefficient (Wildman–Crippen LogP) is 3.07. The molecule has 1 aromatic carbocycles. The van der Waals surface area contributed by atoms with Crippen molar-refractivity contribution in [1.29, 1.82) is 0 Å². The Hall–Kier alpha value is -2.76. The Morgan fingerprint density at radius 1 is 1.10 bits per heavy atom. The van der Waals surface area contributed by atoms with Crippen LogP contribution in [0.5, 0.6) is 0 Å². The minimum atomic E-state index is -0.517. The molecule has 0 fully saturated rings. The number of benzene rings is 1. The molecule has 0 aliphatic carbocycles. The van der Waals surface area contributed by atoms with Gasteiger partial charge in [-0.3, -0.25) is 5.32 Å². The van der Waals surface area contributed by atoms with Crippen molar-refractivity contribution in [3.63, 3.8) is 0 Å². The summed E-state index contributed by atoms with van der Waals surface area (Å²) in [5, 5.41) is 5.74. The Morgan fingerprint density at radius 3 is 2.29 bits per heavy atom. The van der Waals surface area contributed by atoms with Crippen molar-refractivity contribution in [2.24, 2.45) is 0 Å². The molecule has 6 heteroatoms. The quantitative estimate of drug-likeness (QED) is 0.904. The van der Waals surface area contributed by atoms with Gasteiger partial charge in [-0.05, 0) is 36.4 Å². The maximum Gasteiger partial charge on any atom is 0.411 e. The lowest BCUT2D eigenvalue weighted by Gasteiger charge is -2.13. The monoisotopic (exact) mass is 286 g/mol. The number of nitrogens with zero attached hydrogens (tertiary/aromatic N) is 2. The van der Waals surface area contributed by atoms with E-state index in [9.17, 15) is 4.79 Å². The van der Waals surface area contributed by atoms with Crippen molar-refractivity contribution in [2.75, 3.05) is 36.7 Å². The molecule has 1 amide bonds. The van der Waals surface area contributed by atoms with Gasteiger partial charge in [0.1, 0.15) is 5.82 Å². The molecular formula is C15H18N4O2. The number of hydrogen-bond donors (Lipinski definition) is 2. The van der Waals surface area contributed by atoms with E-state index in [1.54, 1.807) is 18.3 Å². The number of methoxy groups -OCH3 is 1. The smallest absolute Gasteiger partial charge is 0.411 e.